The van der Waals surface area contributed by atoms with Crippen molar-refractivity contribution in [2.75, 3.05) is 13.6 Å². The minimum absolute atomic E-state index is 0.0176. The Bertz CT molecular complexity index is 1400. The van der Waals surface area contributed by atoms with Crippen LogP contribution in [-0.4, -0.2) is 55.1 Å². The number of sulfonamides is 1. The van der Waals surface area contributed by atoms with Crippen LogP contribution in [0.5, 0.6) is 0 Å². The number of nitrogens with zero attached hydrogens (tertiary/aromatic N) is 2. The van der Waals surface area contributed by atoms with Gasteiger partial charge in [0.05, 0.1) is 11.4 Å². The predicted octanol–water partition coefficient (Wildman–Crippen LogP) is 5.09. The molecule has 0 aliphatic heterocycles. The molecule has 0 heterocycles. The first-order chi connectivity index (χ1) is 18.4. The second kappa shape index (κ2) is 13.4. The van der Waals surface area contributed by atoms with E-state index in [4.69, 9.17) is 23.2 Å². The molecule has 0 unspecified atom stereocenters. The van der Waals surface area contributed by atoms with Crippen LogP contribution in [0.3, 0.4) is 0 Å². The summed E-state index contributed by atoms with van der Waals surface area (Å²) in [6.45, 7) is 5.04. The third-order valence-electron chi connectivity index (χ3n) is 6.14. The average Bonchev–Trinajstić information content (AvgIpc) is 2.87. The highest BCUT2D eigenvalue weighted by Gasteiger charge is 2.33. The van der Waals surface area contributed by atoms with Gasteiger partial charge in [0.2, 0.25) is 21.8 Å². The standard InChI is InChI=1S/C29H33Cl2N3O4S/c1-20(2)32-29(36)27(16-22-8-6-5-7-9-22)34(18-23-12-13-24(30)17-26(23)31)28(35)19-33(4)39(37,38)25-14-10-21(3)11-15-25/h5-15,17,20,27H,16,18-19H2,1-4H3,(H,32,36)/t27-/m1/s1. The van der Waals surface area contributed by atoms with Gasteiger partial charge >= 0.3 is 0 Å². The number of nitrogens with one attached hydrogen (secondary N) is 1. The molecule has 10 heteroatoms. The number of rotatable bonds is 11. The van der Waals surface area contributed by atoms with Gasteiger partial charge in [-0.25, -0.2) is 8.42 Å². The van der Waals surface area contributed by atoms with Gasteiger partial charge in [0, 0.05) is 36.1 Å². The molecule has 0 radical (unpaired) electrons. The highest BCUT2D eigenvalue weighted by Crippen LogP contribution is 2.25. The second-order valence-electron chi connectivity index (χ2n) is 9.70. The zero-order valence-electron chi connectivity index (χ0n) is 22.4. The lowest BCUT2D eigenvalue weighted by atomic mass is 10.0. The summed E-state index contributed by atoms with van der Waals surface area (Å²) in [7, 11) is -2.60. The molecule has 2 amide bonds. The molecule has 1 atom stereocenters. The number of carbonyl (C=O) groups excluding carboxylic acids is 2. The number of aryl methyl sites for hydroxylation is 1. The van der Waals surface area contributed by atoms with Crippen molar-refractivity contribution >= 4 is 45.0 Å². The summed E-state index contributed by atoms with van der Waals surface area (Å²) in [5, 5.41) is 3.67. The summed E-state index contributed by atoms with van der Waals surface area (Å²) >= 11 is 12.5. The predicted molar refractivity (Wildman–Crippen MR) is 155 cm³/mol. The number of benzene rings is 3. The largest absolute Gasteiger partial charge is 0.352 e. The van der Waals surface area contributed by atoms with Crippen molar-refractivity contribution in [3.8, 4) is 0 Å². The van der Waals surface area contributed by atoms with E-state index in [-0.39, 0.29) is 29.8 Å². The van der Waals surface area contributed by atoms with Crippen LogP contribution in [0.1, 0.15) is 30.5 Å². The average molecular weight is 591 g/mol. The Kier molecular flexibility index (Phi) is 10.6. The molecule has 0 aliphatic rings. The van der Waals surface area contributed by atoms with Gasteiger partial charge in [-0.2, -0.15) is 4.31 Å². The van der Waals surface area contributed by atoms with Gasteiger partial charge in [-0.1, -0.05) is 77.3 Å². The Morgan fingerprint density at radius 3 is 2.18 bits per heavy atom. The molecule has 0 fully saturated rings. The zero-order chi connectivity index (χ0) is 28.7. The third kappa shape index (κ3) is 8.29. The van der Waals surface area contributed by atoms with Crippen molar-refractivity contribution in [3.63, 3.8) is 0 Å². The molecular formula is C29H33Cl2N3O4S. The monoisotopic (exact) mass is 589 g/mol. The van der Waals surface area contributed by atoms with Crippen LogP contribution in [0.4, 0.5) is 0 Å². The first kappa shape index (κ1) is 30.6. The first-order valence-electron chi connectivity index (χ1n) is 12.5. The molecular weight excluding hydrogens is 557 g/mol. The SMILES string of the molecule is Cc1ccc(S(=O)(=O)N(C)CC(=O)N(Cc2ccc(Cl)cc2Cl)[C@H](Cc2ccccc2)C(=O)NC(C)C)cc1. The van der Waals surface area contributed by atoms with Crippen molar-refractivity contribution in [2.45, 2.75) is 50.7 Å². The lowest BCUT2D eigenvalue weighted by molar-refractivity contribution is -0.141. The first-order valence-corrected chi connectivity index (χ1v) is 14.7. The summed E-state index contributed by atoms with van der Waals surface area (Å²) in [6.07, 6.45) is 0.227. The van der Waals surface area contributed by atoms with E-state index < -0.39 is 28.5 Å². The zero-order valence-corrected chi connectivity index (χ0v) is 24.7. The molecule has 0 aliphatic carbocycles. The van der Waals surface area contributed by atoms with Gasteiger partial charge in [0.25, 0.3) is 0 Å². The summed E-state index contributed by atoms with van der Waals surface area (Å²) in [5.74, 6) is -0.893. The smallest absolute Gasteiger partial charge is 0.243 e. The lowest BCUT2D eigenvalue weighted by Crippen LogP contribution is -2.54. The van der Waals surface area contributed by atoms with Gasteiger partial charge in [0.1, 0.15) is 6.04 Å². The van der Waals surface area contributed by atoms with E-state index in [9.17, 15) is 18.0 Å². The highest BCUT2D eigenvalue weighted by molar-refractivity contribution is 7.89. The lowest BCUT2D eigenvalue weighted by Gasteiger charge is -2.33. The Morgan fingerprint density at radius 2 is 1.59 bits per heavy atom. The fourth-order valence-corrected chi connectivity index (χ4v) is 5.61. The molecule has 3 aromatic carbocycles. The van der Waals surface area contributed by atoms with E-state index in [0.29, 0.717) is 15.6 Å². The van der Waals surface area contributed by atoms with Crippen molar-refractivity contribution in [1.82, 2.24) is 14.5 Å². The van der Waals surface area contributed by atoms with Gasteiger partial charge in [0.15, 0.2) is 0 Å². The van der Waals surface area contributed by atoms with E-state index in [2.05, 4.69) is 5.32 Å². The molecule has 0 saturated carbocycles. The van der Waals surface area contributed by atoms with E-state index in [1.807, 2.05) is 51.1 Å². The number of hydrogen-bond acceptors (Lipinski definition) is 4. The molecule has 3 aromatic rings. The van der Waals surface area contributed by atoms with Crippen LogP contribution in [0, 0.1) is 6.92 Å². The molecule has 0 saturated heterocycles. The molecule has 7 nitrogen and oxygen atoms in total. The number of carbonyl (C=O) groups is 2. The maximum atomic E-state index is 13.9. The second-order valence-corrected chi connectivity index (χ2v) is 12.6. The van der Waals surface area contributed by atoms with Crippen LogP contribution >= 0.6 is 23.2 Å². The number of likely N-dealkylation sites (N-methyl/N-ethyl adjacent to an activating group) is 1. The van der Waals surface area contributed by atoms with Gasteiger partial charge in [-0.3, -0.25) is 9.59 Å². The summed E-state index contributed by atoms with van der Waals surface area (Å²) in [6, 6.07) is 19.6. The van der Waals surface area contributed by atoms with Crippen LogP contribution in [-0.2, 0) is 32.6 Å². The maximum absolute atomic E-state index is 13.9. The summed E-state index contributed by atoms with van der Waals surface area (Å²) < 4.78 is 27.5. The van der Waals surface area contributed by atoms with Gasteiger partial charge in [-0.05, 0) is 56.2 Å². The van der Waals surface area contributed by atoms with E-state index >= 15 is 0 Å². The Balaban J connectivity index is 2.00. The van der Waals surface area contributed by atoms with Gasteiger partial charge < -0.3 is 10.2 Å². The Labute approximate surface area is 240 Å². The molecule has 208 valence electrons. The minimum atomic E-state index is -3.95. The molecule has 1 N–H and O–H groups in total. The number of halogens is 2. The van der Waals surface area contributed by atoms with Crippen LogP contribution < -0.4 is 5.32 Å². The minimum Gasteiger partial charge on any atom is -0.352 e. The summed E-state index contributed by atoms with van der Waals surface area (Å²) in [4.78, 5) is 28.8. The normalized spacial score (nSPS) is 12.4. The molecule has 39 heavy (non-hydrogen) atoms. The third-order valence-corrected chi connectivity index (χ3v) is 8.55. The number of hydrogen-bond donors (Lipinski definition) is 1. The van der Waals surface area contributed by atoms with E-state index in [1.54, 1.807) is 30.3 Å². The van der Waals surface area contributed by atoms with Crippen molar-refractivity contribution in [1.29, 1.82) is 0 Å². The Hall–Kier alpha value is -2.91. The van der Waals surface area contributed by atoms with Gasteiger partial charge in [-0.15, -0.1) is 0 Å². The molecule has 0 bridgehead atoms. The molecule has 3 rings (SSSR count). The van der Waals surface area contributed by atoms with Crippen LogP contribution in [0.15, 0.2) is 77.7 Å². The van der Waals surface area contributed by atoms with Crippen LogP contribution in [0.2, 0.25) is 10.0 Å². The topological polar surface area (TPSA) is 86.8 Å². The van der Waals surface area contributed by atoms with E-state index in [0.717, 1.165) is 15.4 Å². The van der Waals surface area contributed by atoms with Crippen LogP contribution in [0.25, 0.3) is 0 Å². The highest BCUT2D eigenvalue weighted by atomic mass is 35.5. The van der Waals surface area contributed by atoms with Crippen molar-refractivity contribution in [3.05, 3.63) is 99.5 Å². The summed E-state index contributed by atoms with van der Waals surface area (Å²) in [5.41, 5.74) is 2.34. The quantitative estimate of drug-likeness (QED) is 0.337. The van der Waals surface area contributed by atoms with E-state index in [1.165, 1.54) is 24.1 Å². The fourth-order valence-electron chi connectivity index (χ4n) is 4.02. The molecule has 0 aromatic heterocycles. The number of amides is 2. The fraction of sp³-hybridized carbons (Fsp3) is 0.310. The molecule has 0 spiro atoms. The Morgan fingerprint density at radius 1 is 0.949 bits per heavy atom. The maximum Gasteiger partial charge on any atom is 0.243 e. The van der Waals surface area contributed by atoms with Crippen molar-refractivity contribution < 1.29 is 18.0 Å². The van der Waals surface area contributed by atoms with Crippen molar-refractivity contribution in [2.24, 2.45) is 0 Å².